The second-order valence-corrected chi connectivity index (χ2v) is 8.12. The van der Waals surface area contributed by atoms with Crippen molar-refractivity contribution < 1.29 is 17.9 Å². The molecule has 138 valence electrons. The Bertz CT molecular complexity index is 873. The number of carbonyl (C=O) groups is 1. The van der Waals surface area contributed by atoms with Crippen LogP contribution in [-0.4, -0.2) is 38.8 Å². The Morgan fingerprint density at radius 2 is 1.73 bits per heavy atom. The lowest BCUT2D eigenvalue weighted by atomic mass is 10.1. The maximum absolute atomic E-state index is 13.1. The van der Waals surface area contributed by atoms with E-state index in [1.54, 1.807) is 67.0 Å². The lowest BCUT2D eigenvalue weighted by molar-refractivity contribution is 0.0963. The lowest BCUT2D eigenvalue weighted by Gasteiger charge is -2.22. The summed E-state index contributed by atoms with van der Waals surface area (Å²) in [5.41, 5.74) is 1.40. The van der Waals surface area contributed by atoms with E-state index < -0.39 is 10.0 Å². The highest BCUT2D eigenvalue weighted by atomic mass is 32.2. The molecule has 1 aliphatic carbocycles. The molecule has 1 amide bonds. The maximum atomic E-state index is 13.1. The van der Waals surface area contributed by atoms with E-state index in [4.69, 9.17) is 4.74 Å². The molecule has 3 rings (SSSR count). The fraction of sp³-hybridized carbons (Fsp3) is 0.316. The van der Waals surface area contributed by atoms with Gasteiger partial charge in [-0.05, 0) is 54.8 Å². The summed E-state index contributed by atoms with van der Waals surface area (Å²) in [6.07, 6.45) is 1.73. The standard InChI is InChI=1S/C19H22N2O4S/c1-20-19(22)15-5-3-14(4-6-15)13-21(16-7-8-16)26(23,24)18-11-9-17(25-2)10-12-18/h3-6,9-12,16H,7-8,13H2,1-2H3,(H,20,22). The van der Waals surface area contributed by atoms with Gasteiger partial charge < -0.3 is 10.1 Å². The van der Waals surface area contributed by atoms with Crippen LogP contribution in [0.25, 0.3) is 0 Å². The summed E-state index contributed by atoms with van der Waals surface area (Å²) in [6, 6.07) is 13.5. The van der Waals surface area contributed by atoms with E-state index in [9.17, 15) is 13.2 Å². The zero-order chi connectivity index (χ0) is 18.7. The number of hydrogen-bond donors (Lipinski definition) is 1. The minimum atomic E-state index is -3.59. The molecule has 0 aliphatic heterocycles. The van der Waals surface area contributed by atoms with Crippen LogP contribution in [0.5, 0.6) is 5.75 Å². The first kappa shape index (κ1) is 18.4. The van der Waals surface area contributed by atoms with Gasteiger partial charge in [0.05, 0.1) is 12.0 Å². The molecule has 0 spiro atoms. The second kappa shape index (κ2) is 7.47. The third-order valence-electron chi connectivity index (χ3n) is 4.40. The van der Waals surface area contributed by atoms with E-state index in [0.717, 1.165) is 18.4 Å². The number of amides is 1. The van der Waals surface area contributed by atoms with Gasteiger partial charge in [-0.15, -0.1) is 0 Å². The van der Waals surface area contributed by atoms with Gasteiger partial charge >= 0.3 is 0 Å². The summed E-state index contributed by atoms with van der Waals surface area (Å²) >= 11 is 0. The van der Waals surface area contributed by atoms with Crippen LogP contribution in [0.4, 0.5) is 0 Å². The normalized spacial score (nSPS) is 14.3. The molecule has 6 nitrogen and oxygen atoms in total. The van der Waals surface area contributed by atoms with Crippen LogP contribution in [0.2, 0.25) is 0 Å². The maximum Gasteiger partial charge on any atom is 0.251 e. The highest BCUT2D eigenvalue weighted by Gasteiger charge is 2.38. The summed E-state index contributed by atoms with van der Waals surface area (Å²) in [4.78, 5) is 11.9. The van der Waals surface area contributed by atoms with E-state index in [2.05, 4.69) is 5.32 Å². The molecule has 0 radical (unpaired) electrons. The molecule has 1 fully saturated rings. The minimum absolute atomic E-state index is 0.0284. The summed E-state index contributed by atoms with van der Waals surface area (Å²) in [7, 11) is -0.474. The Labute approximate surface area is 153 Å². The molecular weight excluding hydrogens is 352 g/mol. The first-order chi connectivity index (χ1) is 12.5. The largest absolute Gasteiger partial charge is 0.497 e. The van der Waals surface area contributed by atoms with Crippen LogP contribution in [0.15, 0.2) is 53.4 Å². The highest BCUT2D eigenvalue weighted by Crippen LogP contribution is 2.34. The molecule has 1 saturated carbocycles. The Morgan fingerprint density at radius 3 is 2.23 bits per heavy atom. The zero-order valence-electron chi connectivity index (χ0n) is 14.8. The van der Waals surface area contributed by atoms with E-state index in [1.165, 1.54) is 0 Å². The van der Waals surface area contributed by atoms with E-state index in [-0.39, 0.29) is 23.4 Å². The SMILES string of the molecule is CNC(=O)c1ccc(CN(C2CC2)S(=O)(=O)c2ccc(OC)cc2)cc1. The van der Waals surface area contributed by atoms with Gasteiger partial charge in [-0.1, -0.05) is 12.1 Å². The van der Waals surface area contributed by atoms with Crippen LogP contribution in [0.1, 0.15) is 28.8 Å². The predicted molar refractivity (Wildman–Crippen MR) is 98.6 cm³/mol. The highest BCUT2D eigenvalue weighted by molar-refractivity contribution is 7.89. The fourth-order valence-corrected chi connectivity index (χ4v) is 4.41. The number of ether oxygens (including phenoxy) is 1. The zero-order valence-corrected chi connectivity index (χ0v) is 15.6. The molecule has 2 aromatic rings. The van der Waals surface area contributed by atoms with Gasteiger partial charge in [0.1, 0.15) is 5.75 Å². The number of nitrogens with zero attached hydrogens (tertiary/aromatic N) is 1. The van der Waals surface area contributed by atoms with Crippen LogP contribution < -0.4 is 10.1 Å². The summed E-state index contributed by atoms with van der Waals surface area (Å²) in [5.74, 6) is 0.452. The average molecular weight is 374 g/mol. The van der Waals surface area contributed by atoms with Gasteiger partial charge in [-0.3, -0.25) is 4.79 Å². The van der Waals surface area contributed by atoms with Crippen molar-refractivity contribution in [2.24, 2.45) is 0 Å². The van der Waals surface area contributed by atoms with Crippen LogP contribution >= 0.6 is 0 Å². The average Bonchev–Trinajstić information content (AvgIpc) is 3.50. The summed E-state index contributed by atoms with van der Waals surface area (Å²) in [6.45, 7) is 0.285. The number of rotatable bonds is 7. The van der Waals surface area contributed by atoms with Crippen LogP contribution in [-0.2, 0) is 16.6 Å². The Kier molecular flexibility index (Phi) is 5.29. The number of carbonyl (C=O) groups excluding carboxylic acids is 1. The summed E-state index contributed by atoms with van der Waals surface area (Å²) < 4.78 is 32.8. The molecule has 1 aliphatic rings. The van der Waals surface area contributed by atoms with E-state index in [0.29, 0.717) is 11.3 Å². The van der Waals surface area contributed by atoms with E-state index >= 15 is 0 Å². The Hall–Kier alpha value is -2.38. The van der Waals surface area contributed by atoms with Crippen molar-refractivity contribution in [1.29, 1.82) is 0 Å². The van der Waals surface area contributed by atoms with Gasteiger partial charge in [0.2, 0.25) is 10.0 Å². The van der Waals surface area contributed by atoms with Crippen molar-refractivity contribution in [2.45, 2.75) is 30.3 Å². The first-order valence-electron chi connectivity index (χ1n) is 8.42. The molecule has 0 unspecified atom stereocenters. The topological polar surface area (TPSA) is 75.7 Å². The first-order valence-corrected chi connectivity index (χ1v) is 9.86. The van der Waals surface area contributed by atoms with Crippen molar-refractivity contribution >= 4 is 15.9 Å². The molecule has 2 aromatic carbocycles. The fourth-order valence-electron chi connectivity index (χ4n) is 2.74. The third-order valence-corrected chi connectivity index (χ3v) is 6.31. The molecular formula is C19H22N2O4S. The Balaban J connectivity index is 1.83. The van der Waals surface area contributed by atoms with Crippen molar-refractivity contribution in [2.75, 3.05) is 14.2 Å². The number of sulfonamides is 1. The quantitative estimate of drug-likeness (QED) is 0.807. The molecule has 0 atom stereocenters. The summed E-state index contributed by atoms with van der Waals surface area (Å²) in [5, 5.41) is 2.57. The molecule has 1 N–H and O–H groups in total. The van der Waals surface area contributed by atoms with Gasteiger partial charge in [-0.2, -0.15) is 4.31 Å². The van der Waals surface area contributed by atoms with Crippen molar-refractivity contribution in [3.63, 3.8) is 0 Å². The van der Waals surface area contributed by atoms with Crippen molar-refractivity contribution in [3.05, 3.63) is 59.7 Å². The monoisotopic (exact) mass is 374 g/mol. The van der Waals surface area contributed by atoms with Crippen molar-refractivity contribution in [3.8, 4) is 5.75 Å². The second-order valence-electron chi connectivity index (χ2n) is 6.23. The number of benzene rings is 2. The number of methoxy groups -OCH3 is 1. The van der Waals surface area contributed by atoms with Gasteiger partial charge in [0.25, 0.3) is 5.91 Å². The molecule has 7 heteroatoms. The van der Waals surface area contributed by atoms with Gasteiger partial charge in [-0.25, -0.2) is 8.42 Å². The lowest BCUT2D eigenvalue weighted by Crippen LogP contribution is -2.32. The van der Waals surface area contributed by atoms with E-state index in [1.807, 2.05) is 0 Å². The molecule has 0 saturated heterocycles. The van der Waals surface area contributed by atoms with Crippen LogP contribution in [0, 0.1) is 0 Å². The third kappa shape index (κ3) is 3.89. The molecule has 0 aromatic heterocycles. The van der Waals surface area contributed by atoms with Crippen molar-refractivity contribution in [1.82, 2.24) is 9.62 Å². The predicted octanol–water partition coefficient (Wildman–Crippen LogP) is 2.41. The Morgan fingerprint density at radius 1 is 1.12 bits per heavy atom. The van der Waals surface area contributed by atoms with Gasteiger partial charge in [0.15, 0.2) is 0 Å². The molecule has 0 bridgehead atoms. The van der Waals surface area contributed by atoms with Gasteiger partial charge in [0, 0.05) is 25.2 Å². The minimum Gasteiger partial charge on any atom is -0.497 e. The smallest absolute Gasteiger partial charge is 0.251 e. The molecule has 0 heterocycles. The van der Waals surface area contributed by atoms with Crippen LogP contribution in [0.3, 0.4) is 0 Å². The molecule has 26 heavy (non-hydrogen) atoms. The number of nitrogens with one attached hydrogen (secondary N) is 1. The number of hydrogen-bond acceptors (Lipinski definition) is 4.